The smallest absolute Gasteiger partial charge is 0.259 e. The number of hydrogen-bond donors (Lipinski definition) is 1. The number of anilines is 1. The second kappa shape index (κ2) is 7.05. The molecule has 1 aromatic carbocycles. The highest BCUT2D eigenvalue weighted by Crippen LogP contribution is 2.29. The lowest BCUT2D eigenvalue weighted by atomic mass is 10.1. The van der Waals surface area contributed by atoms with Gasteiger partial charge in [-0.1, -0.05) is 30.8 Å². The Bertz CT molecular complexity index is 843. The van der Waals surface area contributed by atoms with Crippen molar-refractivity contribution in [1.82, 2.24) is 9.97 Å². The summed E-state index contributed by atoms with van der Waals surface area (Å²) in [4.78, 5) is 21.1. The first-order valence-electron chi connectivity index (χ1n) is 7.83. The van der Waals surface area contributed by atoms with Crippen LogP contribution in [-0.2, 0) is 4.79 Å². The van der Waals surface area contributed by atoms with Crippen LogP contribution in [0.2, 0.25) is 0 Å². The average molecular weight is 341 g/mol. The molecular formula is C18H19N3O2S. The average Bonchev–Trinajstić information content (AvgIpc) is 2.99. The van der Waals surface area contributed by atoms with E-state index in [0.717, 1.165) is 16.8 Å². The SMILES string of the molecule is CC[C@@H](Sc1nc2ncccc2o1)C(=O)Nc1cccc(C)c1C. The number of fused-ring (bicyclic) bond motifs is 1. The highest BCUT2D eigenvalue weighted by Gasteiger charge is 2.22. The van der Waals surface area contributed by atoms with Crippen LogP contribution in [-0.4, -0.2) is 21.1 Å². The Morgan fingerprint density at radius 2 is 2.12 bits per heavy atom. The van der Waals surface area contributed by atoms with E-state index in [1.165, 1.54) is 11.8 Å². The molecule has 2 aromatic heterocycles. The van der Waals surface area contributed by atoms with Crippen LogP contribution in [0.3, 0.4) is 0 Å². The molecule has 0 aliphatic rings. The van der Waals surface area contributed by atoms with E-state index in [1.54, 1.807) is 12.3 Å². The molecule has 3 aromatic rings. The zero-order valence-electron chi connectivity index (χ0n) is 13.9. The Balaban J connectivity index is 1.75. The van der Waals surface area contributed by atoms with Crippen molar-refractivity contribution in [3.63, 3.8) is 0 Å². The summed E-state index contributed by atoms with van der Waals surface area (Å²) < 4.78 is 5.65. The fourth-order valence-corrected chi connectivity index (χ4v) is 3.20. The largest absolute Gasteiger partial charge is 0.430 e. The Labute approximate surface area is 144 Å². The fraction of sp³-hybridized carbons (Fsp3) is 0.278. The summed E-state index contributed by atoms with van der Waals surface area (Å²) in [7, 11) is 0. The van der Waals surface area contributed by atoms with Gasteiger partial charge in [0.25, 0.3) is 5.22 Å². The fourth-order valence-electron chi connectivity index (χ4n) is 2.34. The van der Waals surface area contributed by atoms with Crippen molar-refractivity contribution in [3.05, 3.63) is 47.7 Å². The van der Waals surface area contributed by atoms with Gasteiger partial charge in [0.05, 0.1) is 5.25 Å². The highest BCUT2D eigenvalue weighted by atomic mass is 32.2. The Hall–Kier alpha value is -2.34. The van der Waals surface area contributed by atoms with Crippen LogP contribution in [0.4, 0.5) is 5.69 Å². The molecule has 6 heteroatoms. The molecule has 0 saturated heterocycles. The predicted molar refractivity (Wildman–Crippen MR) is 96.3 cm³/mol. The molecule has 5 nitrogen and oxygen atoms in total. The molecule has 0 radical (unpaired) electrons. The van der Waals surface area contributed by atoms with Gasteiger partial charge < -0.3 is 9.73 Å². The second-order valence-corrected chi connectivity index (χ2v) is 6.71. The number of nitrogens with one attached hydrogen (secondary N) is 1. The zero-order valence-corrected chi connectivity index (χ0v) is 14.7. The zero-order chi connectivity index (χ0) is 17.1. The van der Waals surface area contributed by atoms with Gasteiger partial charge in [-0.15, -0.1) is 0 Å². The lowest BCUT2D eigenvalue weighted by Gasteiger charge is -2.15. The van der Waals surface area contributed by atoms with Crippen LogP contribution in [0.15, 0.2) is 46.2 Å². The van der Waals surface area contributed by atoms with E-state index in [2.05, 4.69) is 15.3 Å². The van der Waals surface area contributed by atoms with E-state index in [-0.39, 0.29) is 11.2 Å². The summed E-state index contributed by atoms with van der Waals surface area (Å²) >= 11 is 1.32. The van der Waals surface area contributed by atoms with Crippen LogP contribution in [0.25, 0.3) is 11.2 Å². The Morgan fingerprint density at radius 1 is 1.29 bits per heavy atom. The third-order valence-electron chi connectivity index (χ3n) is 3.91. The van der Waals surface area contributed by atoms with Gasteiger partial charge in [0, 0.05) is 11.9 Å². The standard InChI is InChI=1S/C18H19N3O2S/c1-4-15(17(22)20-13-8-5-7-11(2)12(13)3)24-18-21-16-14(23-18)9-6-10-19-16/h5-10,15H,4H2,1-3H3,(H,20,22)/t15-/m1/s1. The molecule has 0 saturated carbocycles. The minimum absolute atomic E-state index is 0.0496. The molecule has 24 heavy (non-hydrogen) atoms. The second-order valence-electron chi connectivity index (χ2n) is 5.56. The number of carbonyl (C=O) groups is 1. The molecule has 1 atom stereocenters. The number of nitrogens with zero attached hydrogens (tertiary/aromatic N) is 2. The number of carbonyl (C=O) groups excluding carboxylic acids is 1. The van der Waals surface area contributed by atoms with Crippen LogP contribution in [0.5, 0.6) is 0 Å². The summed E-state index contributed by atoms with van der Waals surface area (Å²) in [6.07, 6.45) is 2.34. The van der Waals surface area contributed by atoms with Gasteiger partial charge in [-0.25, -0.2) is 4.98 Å². The van der Waals surface area contributed by atoms with E-state index in [1.807, 2.05) is 45.0 Å². The third kappa shape index (κ3) is 3.43. The van der Waals surface area contributed by atoms with E-state index in [0.29, 0.717) is 22.9 Å². The molecule has 1 amide bonds. The number of hydrogen-bond acceptors (Lipinski definition) is 5. The molecule has 1 N–H and O–H groups in total. The van der Waals surface area contributed by atoms with Crippen LogP contribution >= 0.6 is 11.8 Å². The van der Waals surface area contributed by atoms with Crippen molar-refractivity contribution in [2.75, 3.05) is 5.32 Å². The molecule has 3 rings (SSSR count). The van der Waals surface area contributed by atoms with Gasteiger partial charge in [0.2, 0.25) is 5.91 Å². The van der Waals surface area contributed by atoms with Crippen LogP contribution < -0.4 is 5.32 Å². The number of aryl methyl sites for hydroxylation is 1. The van der Waals surface area contributed by atoms with Crippen molar-refractivity contribution in [3.8, 4) is 0 Å². The molecule has 124 valence electrons. The number of benzene rings is 1. The van der Waals surface area contributed by atoms with Crippen molar-refractivity contribution in [2.24, 2.45) is 0 Å². The molecule has 0 unspecified atom stereocenters. The molecule has 2 heterocycles. The number of oxazole rings is 1. The minimum Gasteiger partial charge on any atom is -0.430 e. The number of thioether (sulfide) groups is 1. The van der Waals surface area contributed by atoms with Gasteiger partial charge >= 0.3 is 0 Å². The normalized spacial score (nSPS) is 12.3. The van der Waals surface area contributed by atoms with E-state index in [4.69, 9.17) is 4.42 Å². The first-order chi connectivity index (χ1) is 11.6. The maximum absolute atomic E-state index is 12.6. The predicted octanol–water partition coefficient (Wildman–Crippen LogP) is 4.35. The maximum Gasteiger partial charge on any atom is 0.259 e. The quantitative estimate of drug-likeness (QED) is 0.699. The Kier molecular flexibility index (Phi) is 4.85. The molecule has 0 bridgehead atoms. The minimum atomic E-state index is -0.280. The number of aromatic nitrogens is 2. The van der Waals surface area contributed by atoms with Crippen molar-refractivity contribution < 1.29 is 9.21 Å². The van der Waals surface area contributed by atoms with Gasteiger partial charge in [0.15, 0.2) is 11.2 Å². The molecule has 0 aliphatic carbocycles. The van der Waals surface area contributed by atoms with Gasteiger partial charge in [-0.05, 0) is 49.6 Å². The van der Waals surface area contributed by atoms with Gasteiger partial charge in [-0.3, -0.25) is 4.79 Å². The summed E-state index contributed by atoms with van der Waals surface area (Å²) in [5.74, 6) is -0.0496. The summed E-state index contributed by atoms with van der Waals surface area (Å²) in [6.45, 7) is 6.01. The lowest BCUT2D eigenvalue weighted by molar-refractivity contribution is -0.115. The summed E-state index contributed by atoms with van der Waals surface area (Å²) in [6, 6.07) is 9.50. The maximum atomic E-state index is 12.6. The topological polar surface area (TPSA) is 68.0 Å². The van der Waals surface area contributed by atoms with E-state index < -0.39 is 0 Å². The Morgan fingerprint density at radius 3 is 2.88 bits per heavy atom. The lowest BCUT2D eigenvalue weighted by Crippen LogP contribution is -2.25. The van der Waals surface area contributed by atoms with Gasteiger partial charge in [0.1, 0.15) is 0 Å². The van der Waals surface area contributed by atoms with Crippen molar-refractivity contribution >= 4 is 34.6 Å². The molecular weight excluding hydrogens is 322 g/mol. The monoisotopic (exact) mass is 341 g/mol. The first-order valence-corrected chi connectivity index (χ1v) is 8.71. The highest BCUT2D eigenvalue weighted by molar-refractivity contribution is 8.00. The van der Waals surface area contributed by atoms with E-state index >= 15 is 0 Å². The van der Waals surface area contributed by atoms with Crippen molar-refractivity contribution in [1.29, 1.82) is 0 Å². The summed E-state index contributed by atoms with van der Waals surface area (Å²) in [5.41, 5.74) is 4.27. The van der Waals surface area contributed by atoms with Crippen LogP contribution in [0.1, 0.15) is 24.5 Å². The van der Waals surface area contributed by atoms with E-state index in [9.17, 15) is 4.79 Å². The molecule has 0 fully saturated rings. The number of pyridine rings is 1. The van der Waals surface area contributed by atoms with Crippen LogP contribution in [0, 0.1) is 13.8 Å². The van der Waals surface area contributed by atoms with Crippen molar-refractivity contribution in [2.45, 2.75) is 37.7 Å². The van der Waals surface area contributed by atoms with Gasteiger partial charge in [-0.2, -0.15) is 4.98 Å². The first kappa shape index (κ1) is 16.5. The molecule has 0 aliphatic heterocycles. The number of rotatable bonds is 5. The molecule has 0 spiro atoms. The number of amides is 1. The third-order valence-corrected chi connectivity index (χ3v) is 5.12. The summed E-state index contributed by atoms with van der Waals surface area (Å²) in [5, 5.41) is 3.20.